The predicted molar refractivity (Wildman–Crippen MR) is 293 cm³/mol. The first-order valence-electron chi connectivity index (χ1n) is 27.8. The number of anilines is 3. The lowest BCUT2D eigenvalue weighted by Gasteiger charge is -2.29. The number of unbranched alkanes of at least 4 members (excludes halogenated alkanes) is 3. The summed E-state index contributed by atoms with van der Waals surface area (Å²) in [6.07, 6.45) is 22.5. The number of phenolic OH excluding ortho intramolecular Hbond substituents is 2. The molecule has 75 heavy (non-hydrogen) atoms. The molecule has 0 aliphatic heterocycles. The van der Waals surface area contributed by atoms with E-state index in [1.165, 1.54) is 111 Å². The second-order valence-electron chi connectivity index (χ2n) is 21.5. The minimum Gasteiger partial charge on any atom is -0.504 e. The molecule has 0 aromatic heterocycles. The molecule has 1 unspecified atom stereocenters. The standard InChI is InChI=1S/C64H73F3N2O6/c1-4-7-13-40-16-12-17-47(33-24-40)68-52-38-54(74-48-34-29-45(30-35-48)43-25-20-41(21-26-43)14-8-5-2)60(70)58-56(52)62(72)59-57(63(58)73)53(69-51-19-11-10-18-50(51)64(65,66)67)39-55(61(59)71)75-49-36-31-46(32-37-49)44-27-22-42(23-28-44)15-9-6-3/h10-12,17-19,24,29-32,34-39,41-44,47,68-71H,4-9,13-16,20-23,25-28,33H2,1-3H3. The Balaban J connectivity index is 1.09. The van der Waals surface area contributed by atoms with Gasteiger partial charge in [-0.2, -0.15) is 13.2 Å². The lowest BCUT2D eigenvalue weighted by Crippen LogP contribution is -2.26. The Morgan fingerprint density at radius 3 is 1.60 bits per heavy atom. The van der Waals surface area contributed by atoms with Gasteiger partial charge in [-0.25, -0.2) is 0 Å². The molecule has 0 amide bonds. The van der Waals surface area contributed by atoms with E-state index in [2.05, 4.69) is 43.6 Å². The van der Waals surface area contributed by atoms with Crippen LogP contribution in [0.25, 0.3) is 0 Å². The highest BCUT2D eigenvalue weighted by atomic mass is 19.4. The molecule has 1 atom stereocenters. The highest BCUT2D eigenvalue weighted by molar-refractivity contribution is 6.34. The van der Waals surface area contributed by atoms with Gasteiger partial charge < -0.3 is 30.3 Å². The second kappa shape index (κ2) is 24.0. The van der Waals surface area contributed by atoms with Gasteiger partial charge in [0.25, 0.3) is 0 Å². The van der Waals surface area contributed by atoms with E-state index >= 15 is 9.59 Å². The van der Waals surface area contributed by atoms with Crippen molar-refractivity contribution in [2.45, 2.75) is 167 Å². The number of halogens is 3. The fourth-order valence-electron chi connectivity index (χ4n) is 12.0. The fraction of sp³-hybridized carbons (Fsp3) is 0.438. The number of ketones is 2. The highest BCUT2D eigenvalue weighted by Gasteiger charge is 2.42. The first-order valence-corrected chi connectivity index (χ1v) is 27.8. The number of phenols is 2. The number of aromatic hydroxyl groups is 2. The van der Waals surface area contributed by atoms with Crippen molar-refractivity contribution in [3.05, 3.63) is 148 Å². The van der Waals surface area contributed by atoms with Crippen LogP contribution in [0.1, 0.15) is 203 Å². The Labute approximate surface area is 440 Å². The van der Waals surface area contributed by atoms with Crippen molar-refractivity contribution in [3.8, 4) is 34.5 Å². The Morgan fingerprint density at radius 2 is 1.09 bits per heavy atom. The molecule has 9 rings (SSSR count). The van der Waals surface area contributed by atoms with Crippen molar-refractivity contribution in [1.29, 1.82) is 0 Å². The number of carbonyl (C=O) groups excluding carboxylic acids is 2. The number of benzene rings is 5. The third-order valence-electron chi connectivity index (χ3n) is 16.3. The van der Waals surface area contributed by atoms with E-state index in [9.17, 15) is 23.4 Å². The lowest BCUT2D eigenvalue weighted by atomic mass is 9.77. The molecule has 4 N–H and O–H groups in total. The van der Waals surface area contributed by atoms with Gasteiger partial charge in [0.05, 0.1) is 44.9 Å². The number of alkyl halides is 3. The summed E-state index contributed by atoms with van der Waals surface area (Å²) in [5.41, 5.74) is 0.686. The minimum absolute atomic E-state index is 0.101. The van der Waals surface area contributed by atoms with E-state index in [0.29, 0.717) is 29.8 Å². The average Bonchev–Trinajstić information content (AvgIpc) is 3.66. The number of hydrogen-bond donors (Lipinski definition) is 4. The molecular formula is C64H73F3N2O6. The largest absolute Gasteiger partial charge is 0.504 e. The summed E-state index contributed by atoms with van der Waals surface area (Å²) in [4.78, 5) is 30.8. The van der Waals surface area contributed by atoms with Crippen molar-refractivity contribution in [1.82, 2.24) is 0 Å². The van der Waals surface area contributed by atoms with Crippen LogP contribution in [0.3, 0.4) is 0 Å². The predicted octanol–water partition coefficient (Wildman–Crippen LogP) is 18.4. The van der Waals surface area contributed by atoms with E-state index in [1.807, 2.05) is 42.5 Å². The molecule has 8 nitrogen and oxygen atoms in total. The van der Waals surface area contributed by atoms with Crippen LogP contribution in [0.5, 0.6) is 34.5 Å². The van der Waals surface area contributed by atoms with Gasteiger partial charge >= 0.3 is 6.18 Å². The molecular weight excluding hydrogens is 950 g/mol. The second-order valence-corrected chi connectivity index (χ2v) is 21.5. The molecule has 0 spiro atoms. The van der Waals surface area contributed by atoms with Crippen molar-refractivity contribution in [2.75, 3.05) is 10.6 Å². The van der Waals surface area contributed by atoms with E-state index in [0.717, 1.165) is 69.3 Å². The third kappa shape index (κ3) is 12.3. The Bertz CT molecular complexity index is 2870. The van der Waals surface area contributed by atoms with Crippen molar-refractivity contribution >= 4 is 28.6 Å². The van der Waals surface area contributed by atoms with Crippen LogP contribution in [0.2, 0.25) is 0 Å². The maximum absolute atomic E-state index is 15.4. The van der Waals surface area contributed by atoms with E-state index in [4.69, 9.17) is 9.47 Å². The number of nitrogens with one attached hydrogen (secondary N) is 2. The number of ether oxygens (including phenoxy) is 2. The molecule has 0 radical (unpaired) electrons. The SMILES string of the molecule is CCCCC1=CCC(Nc2cc(Oc3ccc(C4CCC(CCCC)CC4)cc3)c(O)c3c2C(=O)c2c(O)c(Oc4ccc(C5CCC(CCCC)CC5)cc4)cc(Nc4ccccc4C(F)(F)F)c2C3=O)C=CC1. The van der Waals surface area contributed by atoms with Gasteiger partial charge in [0.1, 0.15) is 11.5 Å². The Kier molecular flexibility index (Phi) is 17.1. The van der Waals surface area contributed by atoms with Crippen LogP contribution in [-0.4, -0.2) is 27.8 Å². The van der Waals surface area contributed by atoms with Crippen molar-refractivity contribution < 1.29 is 42.4 Å². The van der Waals surface area contributed by atoms with Crippen LogP contribution in [0.4, 0.5) is 30.2 Å². The zero-order chi connectivity index (χ0) is 52.6. The third-order valence-corrected chi connectivity index (χ3v) is 16.3. The van der Waals surface area contributed by atoms with Gasteiger partial charge in [0, 0.05) is 18.2 Å². The minimum atomic E-state index is -4.79. The zero-order valence-corrected chi connectivity index (χ0v) is 43.8. The molecule has 4 aliphatic rings. The summed E-state index contributed by atoms with van der Waals surface area (Å²) < 4.78 is 56.5. The molecule has 4 aliphatic carbocycles. The smallest absolute Gasteiger partial charge is 0.418 e. The number of para-hydroxylation sites is 1. The van der Waals surface area contributed by atoms with E-state index in [-0.39, 0.29) is 34.5 Å². The van der Waals surface area contributed by atoms with E-state index < -0.39 is 57.2 Å². The Morgan fingerprint density at radius 1 is 0.600 bits per heavy atom. The summed E-state index contributed by atoms with van der Waals surface area (Å²) in [6.45, 7) is 6.61. The molecule has 5 aromatic rings. The first-order chi connectivity index (χ1) is 36.3. The normalized spacial score (nSPS) is 20.7. The summed E-state index contributed by atoms with van der Waals surface area (Å²) in [5, 5.41) is 30.8. The molecule has 0 bridgehead atoms. The zero-order valence-electron chi connectivity index (χ0n) is 43.8. The molecule has 5 aromatic carbocycles. The quantitative estimate of drug-likeness (QED) is 0.0468. The van der Waals surface area contributed by atoms with Crippen molar-refractivity contribution in [3.63, 3.8) is 0 Å². The number of carbonyl (C=O) groups is 2. The van der Waals surface area contributed by atoms with Crippen molar-refractivity contribution in [2.24, 2.45) is 11.8 Å². The van der Waals surface area contributed by atoms with Gasteiger partial charge in [-0.15, -0.1) is 0 Å². The average molecular weight is 1020 g/mol. The summed E-state index contributed by atoms with van der Waals surface area (Å²) >= 11 is 0. The molecule has 2 fully saturated rings. The van der Waals surface area contributed by atoms with Crippen LogP contribution >= 0.6 is 0 Å². The van der Waals surface area contributed by atoms with Gasteiger partial charge in [-0.1, -0.05) is 126 Å². The number of allylic oxidation sites excluding steroid dienone is 2. The van der Waals surface area contributed by atoms with Crippen LogP contribution in [0.15, 0.2) is 109 Å². The highest BCUT2D eigenvalue weighted by Crippen LogP contribution is 2.52. The summed E-state index contributed by atoms with van der Waals surface area (Å²) in [7, 11) is 0. The van der Waals surface area contributed by atoms with Gasteiger partial charge in [-0.3, -0.25) is 9.59 Å². The maximum Gasteiger partial charge on any atom is 0.418 e. The maximum atomic E-state index is 15.4. The fourth-order valence-corrected chi connectivity index (χ4v) is 12.0. The molecule has 11 heteroatoms. The first kappa shape index (κ1) is 53.3. The van der Waals surface area contributed by atoms with Gasteiger partial charge in [0.15, 0.2) is 23.0 Å². The van der Waals surface area contributed by atoms with Gasteiger partial charge in [0.2, 0.25) is 11.6 Å². The monoisotopic (exact) mass is 1020 g/mol. The topological polar surface area (TPSA) is 117 Å². The molecule has 396 valence electrons. The summed E-state index contributed by atoms with van der Waals surface area (Å²) in [5.74, 6) is -0.320. The van der Waals surface area contributed by atoms with Crippen LogP contribution in [-0.2, 0) is 6.18 Å². The molecule has 0 saturated heterocycles. The van der Waals surface area contributed by atoms with Crippen LogP contribution < -0.4 is 20.1 Å². The number of rotatable bonds is 19. The lowest BCUT2D eigenvalue weighted by molar-refractivity contribution is -0.136. The number of hydrogen-bond acceptors (Lipinski definition) is 8. The Hall–Kier alpha value is -6.49. The molecule has 0 heterocycles. The summed E-state index contributed by atoms with van der Waals surface area (Å²) in [6, 6.07) is 22.5. The van der Waals surface area contributed by atoms with E-state index in [1.54, 1.807) is 12.1 Å². The number of fused-ring (bicyclic) bond motifs is 2. The molecule has 2 saturated carbocycles. The van der Waals surface area contributed by atoms with Crippen LogP contribution in [0, 0.1) is 11.8 Å². The van der Waals surface area contributed by atoms with Gasteiger partial charge in [-0.05, 0) is 148 Å².